The standard InChI is InChI=1S/C14H21N5O/c1-10(2)18-12-4-6-15-8-11(12)14-17-9-13(19-14)16-5-3-7-20/h4,6,8-10,16,20H,3,5,7H2,1-2H3,(H,15,18)(H,17,19). The fourth-order valence-electron chi connectivity index (χ4n) is 1.87. The number of imidazole rings is 1. The van der Waals surface area contributed by atoms with Gasteiger partial charge in [-0.1, -0.05) is 0 Å². The molecule has 0 amide bonds. The van der Waals surface area contributed by atoms with Gasteiger partial charge in [-0.05, 0) is 26.3 Å². The van der Waals surface area contributed by atoms with E-state index in [-0.39, 0.29) is 6.61 Å². The summed E-state index contributed by atoms with van der Waals surface area (Å²) >= 11 is 0. The molecule has 108 valence electrons. The lowest BCUT2D eigenvalue weighted by molar-refractivity contribution is 0.292. The van der Waals surface area contributed by atoms with Gasteiger partial charge in [-0.2, -0.15) is 0 Å². The van der Waals surface area contributed by atoms with Crippen LogP contribution in [-0.4, -0.2) is 39.3 Å². The first-order valence-electron chi connectivity index (χ1n) is 6.81. The molecule has 2 heterocycles. The van der Waals surface area contributed by atoms with Gasteiger partial charge in [0.15, 0.2) is 0 Å². The van der Waals surface area contributed by atoms with Crippen LogP contribution in [0.4, 0.5) is 11.5 Å². The van der Waals surface area contributed by atoms with Crippen molar-refractivity contribution in [3.05, 3.63) is 24.7 Å². The number of nitrogens with one attached hydrogen (secondary N) is 3. The van der Waals surface area contributed by atoms with E-state index in [0.717, 1.165) is 22.9 Å². The molecule has 0 bridgehead atoms. The molecule has 0 aliphatic carbocycles. The molecule has 4 N–H and O–H groups in total. The molecule has 6 heteroatoms. The molecule has 0 spiro atoms. The summed E-state index contributed by atoms with van der Waals surface area (Å²) in [7, 11) is 0. The lowest BCUT2D eigenvalue weighted by Gasteiger charge is -2.12. The minimum absolute atomic E-state index is 0.180. The molecule has 2 aromatic rings. The van der Waals surface area contributed by atoms with Crippen molar-refractivity contribution in [3.8, 4) is 11.4 Å². The Labute approximate surface area is 118 Å². The van der Waals surface area contributed by atoms with Gasteiger partial charge >= 0.3 is 0 Å². The number of nitrogens with zero attached hydrogens (tertiary/aromatic N) is 2. The smallest absolute Gasteiger partial charge is 0.142 e. The van der Waals surface area contributed by atoms with E-state index in [9.17, 15) is 0 Å². The second kappa shape index (κ2) is 6.91. The molecular formula is C14H21N5O. The molecule has 0 saturated heterocycles. The van der Waals surface area contributed by atoms with Crippen LogP contribution in [0.2, 0.25) is 0 Å². The van der Waals surface area contributed by atoms with Gasteiger partial charge in [0.05, 0.1) is 11.8 Å². The van der Waals surface area contributed by atoms with Gasteiger partial charge in [-0.3, -0.25) is 4.98 Å². The third-order valence-electron chi connectivity index (χ3n) is 2.75. The molecule has 0 atom stereocenters. The molecule has 0 saturated carbocycles. The summed E-state index contributed by atoms with van der Waals surface area (Å²) in [5.41, 5.74) is 1.95. The monoisotopic (exact) mass is 275 g/mol. The predicted molar refractivity (Wildman–Crippen MR) is 80.8 cm³/mol. The van der Waals surface area contributed by atoms with Gasteiger partial charge in [-0.25, -0.2) is 4.98 Å². The van der Waals surface area contributed by atoms with E-state index in [1.165, 1.54) is 0 Å². The molecule has 2 aromatic heterocycles. The number of aromatic amines is 1. The van der Waals surface area contributed by atoms with Crippen LogP contribution >= 0.6 is 0 Å². The number of pyridine rings is 1. The molecule has 0 fully saturated rings. The van der Waals surface area contributed by atoms with Crippen LogP contribution in [0.5, 0.6) is 0 Å². The fourth-order valence-corrected chi connectivity index (χ4v) is 1.87. The number of aliphatic hydroxyl groups is 1. The van der Waals surface area contributed by atoms with Crippen LogP contribution in [0.3, 0.4) is 0 Å². The Balaban J connectivity index is 2.15. The summed E-state index contributed by atoms with van der Waals surface area (Å²) in [6.45, 7) is 5.07. The Kier molecular flexibility index (Phi) is 4.95. The average Bonchev–Trinajstić information content (AvgIpc) is 2.88. The predicted octanol–water partition coefficient (Wildman–Crippen LogP) is 2.09. The Morgan fingerprint density at radius 1 is 1.35 bits per heavy atom. The number of H-pyrrole nitrogens is 1. The zero-order valence-electron chi connectivity index (χ0n) is 11.8. The molecule has 6 nitrogen and oxygen atoms in total. The molecular weight excluding hydrogens is 254 g/mol. The van der Waals surface area contributed by atoms with E-state index in [0.29, 0.717) is 19.0 Å². The summed E-state index contributed by atoms with van der Waals surface area (Å²) in [6, 6.07) is 2.28. The van der Waals surface area contributed by atoms with Crippen molar-refractivity contribution in [3.63, 3.8) is 0 Å². The highest BCUT2D eigenvalue weighted by molar-refractivity contribution is 5.73. The third kappa shape index (κ3) is 3.71. The topological polar surface area (TPSA) is 85.9 Å². The molecule has 0 unspecified atom stereocenters. The SMILES string of the molecule is CC(C)Nc1ccncc1-c1ncc(NCCCO)[nH]1. The van der Waals surface area contributed by atoms with Gasteiger partial charge in [0.1, 0.15) is 11.6 Å². The molecule has 0 aliphatic rings. The maximum Gasteiger partial charge on any atom is 0.142 e. The number of hydrogen-bond acceptors (Lipinski definition) is 5. The summed E-state index contributed by atoms with van der Waals surface area (Å²) in [4.78, 5) is 11.8. The molecule has 20 heavy (non-hydrogen) atoms. The van der Waals surface area contributed by atoms with Gasteiger partial charge in [0, 0.05) is 37.3 Å². The van der Waals surface area contributed by atoms with Crippen LogP contribution in [0.15, 0.2) is 24.7 Å². The largest absolute Gasteiger partial charge is 0.396 e. The average molecular weight is 275 g/mol. The first-order chi connectivity index (χ1) is 9.70. The van der Waals surface area contributed by atoms with Gasteiger partial charge in [-0.15, -0.1) is 0 Å². The highest BCUT2D eigenvalue weighted by Crippen LogP contribution is 2.25. The summed E-state index contributed by atoms with van der Waals surface area (Å²) in [6.07, 6.45) is 6.01. The van der Waals surface area contributed by atoms with Crippen LogP contribution in [0.1, 0.15) is 20.3 Å². The van der Waals surface area contributed by atoms with Crippen molar-refractivity contribution in [2.75, 3.05) is 23.8 Å². The summed E-state index contributed by atoms with van der Waals surface area (Å²) in [5.74, 6) is 1.61. The van der Waals surface area contributed by atoms with E-state index in [1.807, 2.05) is 6.07 Å². The Bertz CT molecular complexity index is 538. The lowest BCUT2D eigenvalue weighted by Crippen LogP contribution is -2.10. The second-order valence-electron chi connectivity index (χ2n) is 4.87. The van der Waals surface area contributed by atoms with Crippen molar-refractivity contribution >= 4 is 11.5 Å². The number of hydrogen-bond donors (Lipinski definition) is 4. The van der Waals surface area contributed by atoms with Gasteiger partial charge in [0.2, 0.25) is 0 Å². The minimum atomic E-state index is 0.180. The maximum absolute atomic E-state index is 8.77. The van der Waals surface area contributed by atoms with E-state index < -0.39 is 0 Å². The highest BCUT2D eigenvalue weighted by Gasteiger charge is 2.09. The molecule has 0 radical (unpaired) electrons. The van der Waals surface area contributed by atoms with E-state index in [4.69, 9.17) is 5.11 Å². The summed E-state index contributed by atoms with van der Waals surface area (Å²) in [5, 5.41) is 15.3. The van der Waals surface area contributed by atoms with Crippen molar-refractivity contribution in [1.29, 1.82) is 0 Å². The number of aliphatic hydroxyl groups excluding tert-OH is 1. The Morgan fingerprint density at radius 3 is 2.95 bits per heavy atom. The first kappa shape index (κ1) is 14.3. The quantitative estimate of drug-likeness (QED) is 0.581. The summed E-state index contributed by atoms with van der Waals surface area (Å²) < 4.78 is 0. The van der Waals surface area contributed by atoms with Crippen molar-refractivity contribution < 1.29 is 5.11 Å². The molecule has 0 aromatic carbocycles. The zero-order chi connectivity index (χ0) is 14.4. The van der Waals surface area contributed by atoms with Gasteiger partial charge in [0.25, 0.3) is 0 Å². The number of anilines is 2. The normalized spacial score (nSPS) is 10.8. The van der Waals surface area contributed by atoms with Crippen LogP contribution in [-0.2, 0) is 0 Å². The van der Waals surface area contributed by atoms with Crippen molar-refractivity contribution in [2.45, 2.75) is 26.3 Å². The second-order valence-corrected chi connectivity index (χ2v) is 4.87. The van der Waals surface area contributed by atoms with E-state index >= 15 is 0 Å². The lowest BCUT2D eigenvalue weighted by atomic mass is 10.2. The third-order valence-corrected chi connectivity index (χ3v) is 2.75. The van der Waals surface area contributed by atoms with Gasteiger partial charge < -0.3 is 20.7 Å². The van der Waals surface area contributed by atoms with E-state index in [2.05, 4.69) is 39.4 Å². The number of rotatable bonds is 7. The Hall–Kier alpha value is -2.08. The number of aromatic nitrogens is 3. The van der Waals surface area contributed by atoms with Crippen molar-refractivity contribution in [2.24, 2.45) is 0 Å². The highest BCUT2D eigenvalue weighted by atomic mass is 16.3. The van der Waals surface area contributed by atoms with E-state index in [1.54, 1.807) is 18.6 Å². The first-order valence-corrected chi connectivity index (χ1v) is 6.81. The maximum atomic E-state index is 8.77. The molecule has 2 rings (SSSR count). The zero-order valence-corrected chi connectivity index (χ0v) is 11.8. The Morgan fingerprint density at radius 2 is 2.20 bits per heavy atom. The van der Waals surface area contributed by atoms with Crippen LogP contribution in [0, 0.1) is 0 Å². The van der Waals surface area contributed by atoms with Crippen LogP contribution < -0.4 is 10.6 Å². The van der Waals surface area contributed by atoms with Crippen LogP contribution in [0.25, 0.3) is 11.4 Å². The molecule has 0 aliphatic heterocycles. The minimum Gasteiger partial charge on any atom is -0.396 e. The fraction of sp³-hybridized carbons (Fsp3) is 0.429. The van der Waals surface area contributed by atoms with Crippen molar-refractivity contribution in [1.82, 2.24) is 15.0 Å².